The summed E-state index contributed by atoms with van der Waals surface area (Å²) in [5.74, 6) is 0. The molecule has 0 amide bonds. The maximum absolute atomic E-state index is 4.74. The maximum atomic E-state index is 4.74. The molecule has 0 N–H and O–H groups in total. The lowest BCUT2D eigenvalue weighted by atomic mass is 10.2. The highest BCUT2D eigenvalue weighted by molar-refractivity contribution is 6.06. The number of aromatic nitrogens is 3. The molecule has 1 aromatic carbocycles. The molecular weight excluding hydrogens is 258 g/mol. The van der Waals surface area contributed by atoms with Crippen molar-refractivity contribution in [2.75, 3.05) is 0 Å². The lowest BCUT2D eigenvalue weighted by Gasteiger charge is -2.07. The van der Waals surface area contributed by atoms with Crippen molar-refractivity contribution in [2.24, 2.45) is 0 Å². The molecule has 0 unspecified atom stereocenters. The molecule has 0 spiro atoms. The lowest BCUT2D eigenvalue weighted by Crippen LogP contribution is -1.97. The van der Waals surface area contributed by atoms with Crippen LogP contribution in [0.2, 0.25) is 0 Å². The van der Waals surface area contributed by atoms with E-state index in [-0.39, 0.29) is 0 Å². The number of fused-ring (bicyclic) bond motifs is 3. The number of hydrogen-bond donors (Lipinski definition) is 0. The normalized spacial score (nSPS) is 11.3. The van der Waals surface area contributed by atoms with E-state index in [9.17, 15) is 0 Å². The number of benzene rings is 1. The number of nitrogens with zero attached hydrogens (tertiary/aromatic N) is 3. The van der Waals surface area contributed by atoms with Gasteiger partial charge in [-0.25, -0.2) is 9.97 Å². The monoisotopic (exact) mass is 273 g/mol. The van der Waals surface area contributed by atoms with Crippen molar-refractivity contribution in [3.63, 3.8) is 0 Å². The summed E-state index contributed by atoms with van der Waals surface area (Å²) < 4.78 is 2.14. The summed E-state index contributed by atoms with van der Waals surface area (Å²) in [7, 11) is 0. The van der Waals surface area contributed by atoms with Crippen LogP contribution in [0.4, 0.5) is 0 Å². The van der Waals surface area contributed by atoms with Crippen LogP contribution in [0, 0.1) is 13.8 Å². The first-order valence-electron chi connectivity index (χ1n) is 7.04. The van der Waals surface area contributed by atoms with Gasteiger partial charge in [0.2, 0.25) is 0 Å². The molecule has 0 radical (unpaired) electrons. The Bertz CT molecular complexity index is 967. The van der Waals surface area contributed by atoms with Crippen molar-refractivity contribution in [1.82, 2.24) is 14.5 Å². The van der Waals surface area contributed by atoms with Crippen LogP contribution in [0.25, 0.3) is 27.8 Å². The van der Waals surface area contributed by atoms with Crippen molar-refractivity contribution < 1.29 is 0 Å². The highest BCUT2D eigenvalue weighted by Crippen LogP contribution is 2.29. The Morgan fingerprint density at radius 1 is 0.857 bits per heavy atom. The summed E-state index contributed by atoms with van der Waals surface area (Å²) in [5.41, 5.74) is 5.27. The minimum absolute atomic E-state index is 0.955. The second kappa shape index (κ2) is 4.42. The Kier molecular flexibility index (Phi) is 2.54. The molecule has 0 saturated carbocycles. The van der Waals surface area contributed by atoms with Crippen LogP contribution in [0.3, 0.4) is 0 Å². The molecule has 3 aromatic heterocycles. The van der Waals surface area contributed by atoms with Gasteiger partial charge in [0, 0.05) is 28.4 Å². The standard InChI is InChI=1S/C18H15N3/c1-12-5-3-6-14(11-12)21-17-15(7-4-10-19-17)16-9-8-13(2)20-18(16)21/h3-11H,1-2H3. The molecular formula is C18H15N3. The van der Waals surface area contributed by atoms with Gasteiger partial charge in [-0.3, -0.25) is 4.57 Å². The SMILES string of the molecule is Cc1cccc(-n2c3ncccc3c3ccc(C)nc32)c1. The van der Waals surface area contributed by atoms with Gasteiger partial charge < -0.3 is 0 Å². The Morgan fingerprint density at radius 3 is 2.57 bits per heavy atom. The molecule has 3 heteroatoms. The quantitative estimate of drug-likeness (QED) is 0.520. The van der Waals surface area contributed by atoms with Crippen LogP contribution in [0.15, 0.2) is 54.7 Å². The molecule has 0 fully saturated rings. The van der Waals surface area contributed by atoms with Gasteiger partial charge >= 0.3 is 0 Å². The van der Waals surface area contributed by atoms with Crippen molar-refractivity contribution in [3.05, 3.63) is 66.0 Å². The third-order valence-electron chi connectivity index (χ3n) is 3.77. The van der Waals surface area contributed by atoms with Crippen molar-refractivity contribution >= 4 is 22.1 Å². The number of aryl methyl sites for hydroxylation is 2. The van der Waals surface area contributed by atoms with Crippen molar-refractivity contribution in [2.45, 2.75) is 13.8 Å². The molecule has 3 nitrogen and oxygen atoms in total. The van der Waals surface area contributed by atoms with Gasteiger partial charge in [0.05, 0.1) is 0 Å². The van der Waals surface area contributed by atoms with E-state index < -0.39 is 0 Å². The predicted molar refractivity (Wildman–Crippen MR) is 85.8 cm³/mol. The number of hydrogen-bond acceptors (Lipinski definition) is 2. The average Bonchev–Trinajstić information content (AvgIpc) is 2.80. The van der Waals surface area contributed by atoms with Crippen LogP contribution in [-0.2, 0) is 0 Å². The predicted octanol–water partition coefficient (Wildman–Crippen LogP) is 4.19. The Hall–Kier alpha value is -2.68. The van der Waals surface area contributed by atoms with Gasteiger partial charge in [-0.1, -0.05) is 12.1 Å². The van der Waals surface area contributed by atoms with Crippen molar-refractivity contribution in [1.29, 1.82) is 0 Å². The zero-order valence-corrected chi connectivity index (χ0v) is 12.0. The van der Waals surface area contributed by atoms with E-state index in [1.54, 1.807) is 0 Å². The van der Waals surface area contributed by atoms with Gasteiger partial charge in [-0.2, -0.15) is 0 Å². The van der Waals surface area contributed by atoms with Gasteiger partial charge in [0.15, 0.2) is 0 Å². The zero-order chi connectivity index (χ0) is 14.4. The molecule has 0 bridgehead atoms. The van der Waals surface area contributed by atoms with E-state index >= 15 is 0 Å². The fraction of sp³-hybridized carbons (Fsp3) is 0.111. The first-order chi connectivity index (χ1) is 10.2. The third-order valence-corrected chi connectivity index (χ3v) is 3.77. The molecule has 102 valence electrons. The van der Waals surface area contributed by atoms with Gasteiger partial charge in [-0.05, 0) is 55.8 Å². The molecule has 21 heavy (non-hydrogen) atoms. The van der Waals surface area contributed by atoms with Gasteiger partial charge in [-0.15, -0.1) is 0 Å². The molecule has 4 rings (SSSR count). The van der Waals surface area contributed by atoms with Crippen molar-refractivity contribution in [3.8, 4) is 5.69 Å². The molecule has 0 saturated heterocycles. The van der Waals surface area contributed by atoms with Crippen LogP contribution in [-0.4, -0.2) is 14.5 Å². The number of rotatable bonds is 1. The van der Waals surface area contributed by atoms with Crippen LogP contribution in [0.1, 0.15) is 11.3 Å². The molecule has 0 atom stereocenters. The number of pyridine rings is 2. The van der Waals surface area contributed by atoms with E-state index in [4.69, 9.17) is 4.98 Å². The molecule has 3 heterocycles. The maximum Gasteiger partial charge on any atom is 0.147 e. The Labute approximate surface area is 122 Å². The second-order valence-electron chi connectivity index (χ2n) is 5.37. The van der Waals surface area contributed by atoms with Crippen LogP contribution < -0.4 is 0 Å². The highest BCUT2D eigenvalue weighted by Gasteiger charge is 2.14. The molecule has 4 aromatic rings. The highest BCUT2D eigenvalue weighted by atomic mass is 15.1. The largest absolute Gasteiger partial charge is 0.278 e. The summed E-state index contributed by atoms with van der Waals surface area (Å²) in [6.45, 7) is 4.12. The summed E-state index contributed by atoms with van der Waals surface area (Å²) in [4.78, 5) is 9.32. The Morgan fingerprint density at radius 2 is 1.71 bits per heavy atom. The van der Waals surface area contributed by atoms with E-state index in [1.807, 2.05) is 19.2 Å². The first kappa shape index (κ1) is 12.1. The van der Waals surface area contributed by atoms with E-state index in [0.29, 0.717) is 0 Å². The molecule has 0 aliphatic heterocycles. The zero-order valence-electron chi connectivity index (χ0n) is 12.0. The van der Waals surface area contributed by atoms with Gasteiger partial charge in [0.25, 0.3) is 0 Å². The summed E-state index contributed by atoms with van der Waals surface area (Å²) in [5, 5.41) is 2.28. The van der Waals surface area contributed by atoms with E-state index in [0.717, 1.165) is 33.4 Å². The van der Waals surface area contributed by atoms with Gasteiger partial charge in [0.1, 0.15) is 11.3 Å². The van der Waals surface area contributed by atoms with E-state index in [1.165, 1.54) is 5.56 Å². The summed E-state index contributed by atoms with van der Waals surface area (Å²) in [6.07, 6.45) is 1.83. The summed E-state index contributed by atoms with van der Waals surface area (Å²) >= 11 is 0. The Balaban J connectivity index is 2.21. The topological polar surface area (TPSA) is 30.7 Å². The molecule has 0 aliphatic rings. The first-order valence-corrected chi connectivity index (χ1v) is 7.04. The smallest absolute Gasteiger partial charge is 0.147 e. The molecule has 0 aliphatic carbocycles. The fourth-order valence-corrected chi connectivity index (χ4v) is 2.82. The van der Waals surface area contributed by atoms with E-state index in [2.05, 4.69) is 58.9 Å². The lowest BCUT2D eigenvalue weighted by molar-refractivity contribution is 1.08. The third kappa shape index (κ3) is 1.82. The minimum atomic E-state index is 0.955. The average molecular weight is 273 g/mol. The fourth-order valence-electron chi connectivity index (χ4n) is 2.82. The second-order valence-corrected chi connectivity index (χ2v) is 5.37. The van der Waals surface area contributed by atoms with Crippen LogP contribution >= 0.6 is 0 Å². The minimum Gasteiger partial charge on any atom is -0.278 e. The summed E-state index contributed by atoms with van der Waals surface area (Å²) in [6, 6.07) is 16.7. The van der Waals surface area contributed by atoms with Crippen LogP contribution in [0.5, 0.6) is 0 Å².